The van der Waals surface area contributed by atoms with E-state index in [1.165, 1.54) is 6.42 Å². The van der Waals surface area contributed by atoms with Crippen molar-refractivity contribution in [2.45, 2.75) is 57.8 Å². The standard InChI is InChI=1S/C23H27NO4/c1-17(22(25)24-20-10-6-3-7-11-20)28-23(26)19-12-14-21(15-13-19)27-16-18-8-4-2-5-9-18/h2,4-5,8-9,12-15,17,20H,3,6-7,10-11,16H2,1H3,(H,24,25)/t17-/m1/s1. The lowest BCUT2D eigenvalue weighted by molar-refractivity contribution is -0.130. The van der Waals surface area contributed by atoms with Crippen molar-refractivity contribution >= 4 is 11.9 Å². The second kappa shape index (κ2) is 9.93. The first-order valence-electron chi connectivity index (χ1n) is 9.90. The molecule has 148 valence electrons. The summed E-state index contributed by atoms with van der Waals surface area (Å²) in [5, 5.41) is 2.98. The first-order chi connectivity index (χ1) is 13.6. The topological polar surface area (TPSA) is 64.6 Å². The van der Waals surface area contributed by atoms with Crippen LogP contribution in [0.3, 0.4) is 0 Å². The van der Waals surface area contributed by atoms with Crippen LogP contribution in [0.15, 0.2) is 54.6 Å². The number of ether oxygens (including phenoxy) is 2. The van der Waals surface area contributed by atoms with Crippen LogP contribution in [0.5, 0.6) is 5.75 Å². The minimum Gasteiger partial charge on any atom is -0.489 e. The Kier molecular flexibility index (Phi) is 7.06. The average molecular weight is 381 g/mol. The molecule has 3 rings (SSSR count). The molecule has 1 saturated carbocycles. The number of carbonyl (C=O) groups excluding carboxylic acids is 2. The molecule has 0 aromatic heterocycles. The molecule has 0 heterocycles. The third kappa shape index (κ3) is 5.84. The summed E-state index contributed by atoms with van der Waals surface area (Å²) in [6.07, 6.45) is 4.68. The van der Waals surface area contributed by atoms with Gasteiger partial charge in [-0.05, 0) is 49.6 Å². The largest absolute Gasteiger partial charge is 0.489 e. The number of hydrogen-bond donors (Lipinski definition) is 1. The van der Waals surface area contributed by atoms with E-state index in [0.717, 1.165) is 31.2 Å². The highest BCUT2D eigenvalue weighted by Gasteiger charge is 2.22. The molecule has 1 N–H and O–H groups in total. The highest BCUT2D eigenvalue weighted by Crippen LogP contribution is 2.18. The molecule has 1 atom stereocenters. The highest BCUT2D eigenvalue weighted by atomic mass is 16.5. The Morgan fingerprint density at radius 3 is 2.36 bits per heavy atom. The average Bonchev–Trinajstić information content (AvgIpc) is 2.74. The van der Waals surface area contributed by atoms with Crippen LogP contribution in [0, 0.1) is 0 Å². The molecule has 0 aliphatic heterocycles. The maximum absolute atomic E-state index is 12.3. The number of nitrogens with one attached hydrogen (secondary N) is 1. The Hall–Kier alpha value is -2.82. The van der Waals surface area contributed by atoms with Crippen LogP contribution in [0.4, 0.5) is 0 Å². The number of amides is 1. The smallest absolute Gasteiger partial charge is 0.338 e. The van der Waals surface area contributed by atoms with Crippen LogP contribution in [-0.4, -0.2) is 24.0 Å². The van der Waals surface area contributed by atoms with E-state index < -0.39 is 12.1 Å². The molecule has 28 heavy (non-hydrogen) atoms. The van der Waals surface area contributed by atoms with Crippen molar-refractivity contribution in [1.82, 2.24) is 5.32 Å². The van der Waals surface area contributed by atoms with Gasteiger partial charge in [0.25, 0.3) is 5.91 Å². The Morgan fingerprint density at radius 2 is 1.68 bits per heavy atom. The summed E-state index contributed by atoms with van der Waals surface area (Å²) >= 11 is 0. The van der Waals surface area contributed by atoms with Crippen molar-refractivity contribution < 1.29 is 19.1 Å². The van der Waals surface area contributed by atoms with Gasteiger partial charge in [-0.1, -0.05) is 49.6 Å². The van der Waals surface area contributed by atoms with Gasteiger partial charge in [0.05, 0.1) is 5.56 Å². The van der Waals surface area contributed by atoms with Gasteiger partial charge < -0.3 is 14.8 Å². The Bertz CT molecular complexity index is 767. The van der Waals surface area contributed by atoms with Crippen LogP contribution in [0.2, 0.25) is 0 Å². The molecule has 0 spiro atoms. The van der Waals surface area contributed by atoms with Crippen LogP contribution in [0.25, 0.3) is 0 Å². The quantitative estimate of drug-likeness (QED) is 0.728. The third-order valence-electron chi connectivity index (χ3n) is 4.94. The van der Waals surface area contributed by atoms with E-state index in [-0.39, 0.29) is 11.9 Å². The van der Waals surface area contributed by atoms with Crippen LogP contribution >= 0.6 is 0 Å². The zero-order valence-corrected chi connectivity index (χ0v) is 16.2. The van der Waals surface area contributed by atoms with E-state index in [9.17, 15) is 9.59 Å². The van der Waals surface area contributed by atoms with Gasteiger partial charge in [-0.15, -0.1) is 0 Å². The molecule has 0 radical (unpaired) electrons. The van der Waals surface area contributed by atoms with Gasteiger partial charge >= 0.3 is 5.97 Å². The molecule has 1 aliphatic rings. The van der Waals surface area contributed by atoms with Crippen molar-refractivity contribution in [2.75, 3.05) is 0 Å². The normalized spacial score (nSPS) is 15.5. The molecular weight excluding hydrogens is 354 g/mol. The maximum Gasteiger partial charge on any atom is 0.338 e. The fourth-order valence-corrected chi connectivity index (χ4v) is 3.28. The van der Waals surface area contributed by atoms with Gasteiger partial charge in [-0.2, -0.15) is 0 Å². The van der Waals surface area contributed by atoms with Crippen molar-refractivity contribution in [1.29, 1.82) is 0 Å². The van der Waals surface area contributed by atoms with Gasteiger partial charge in [-0.25, -0.2) is 4.79 Å². The SMILES string of the molecule is C[C@@H](OC(=O)c1ccc(OCc2ccccc2)cc1)C(=O)NC1CCCCC1. The lowest BCUT2D eigenvalue weighted by Gasteiger charge is -2.24. The Labute approximate surface area is 166 Å². The molecule has 0 unspecified atom stereocenters. The van der Waals surface area contributed by atoms with Gasteiger partial charge in [0.1, 0.15) is 12.4 Å². The monoisotopic (exact) mass is 381 g/mol. The van der Waals surface area contributed by atoms with Crippen molar-refractivity contribution in [3.8, 4) is 5.75 Å². The maximum atomic E-state index is 12.3. The summed E-state index contributed by atoms with van der Waals surface area (Å²) in [4.78, 5) is 24.5. The molecule has 1 aliphatic carbocycles. The van der Waals surface area contributed by atoms with Gasteiger partial charge in [0.2, 0.25) is 0 Å². The van der Waals surface area contributed by atoms with Crippen molar-refractivity contribution in [3.05, 3.63) is 65.7 Å². The third-order valence-corrected chi connectivity index (χ3v) is 4.94. The molecule has 0 saturated heterocycles. The zero-order valence-electron chi connectivity index (χ0n) is 16.2. The lowest BCUT2D eigenvalue weighted by Crippen LogP contribution is -2.42. The van der Waals surface area contributed by atoms with E-state index in [4.69, 9.17) is 9.47 Å². The first kappa shape index (κ1) is 19.9. The van der Waals surface area contributed by atoms with E-state index in [1.807, 2.05) is 30.3 Å². The molecule has 0 bridgehead atoms. The molecule has 2 aromatic rings. The van der Waals surface area contributed by atoms with Gasteiger partial charge in [-0.3, -0.25) is 4.79 Å². The predicted molar refractivity (Wildman–Crippen MR) is 107 cm³/mol. The number of carbonyl (C=O) groups is 2. The van der Waals surface area contributed by atoms with E-state index >= 15 is 0 Å². The number of esters is 1. The number of rotatable bonds is 7. The number of benzene rings is 2. The number of hydrogen-bond acceptors (Lipinski definition) is 4. The minimum absolute atomic E-state index is 0.198. The highest BCUT2D eigenvalue weighted by molar-refractivity contribution is 5.92. The molecule has 5 heteroatoms. The van der Waals surface area contributed by atoms with E-state index in [2.05, 4.69) is 5.32 Å². The second-order valence-corrected chi connectivity index (χ2v) is 7.19. The molecule has 5 nitrogen and oxygen atoms in total. The summed E-state index contributed by atoms with van der Waals surface area (Å²) < 4.78 is 11.0. The summed E-state index contributed by atoms with van der Waals surface area (Å²) in [6.45, 7) is 2.07. The van der Waals surface area contributed by atoms with Crippen molar-refractivity contribution in [3.63, 3.8) is 0 Å². The lowest BCUT2D eigenvalue weighted by atomic mass is 9.95. The molecule has 2 aromatic carbocycles. The van der Waals surface area contributed by atoms with Crippen LogP contribution in [-0.2, 0) is 16.1 Å². The van der Waals surface area contributed by atoms with E-state index in [0.29, 0.717) is 17.9 Å². The van der Waals surface area contributed by atoms with Crippen LogP contribution in [0.1, 0.15) is 54.9 Å². The zero-order chi connectivity index (χ0) is 19.8. The second-order valence-electron chi connectivity index (χ2n) is 7.19. The summed E-state index contributed by atoms with van der Waals surface area (Å²) in [6, 6.07) is 16.8. The minimum atomic E-state index is -0.816. The predicted octanol–water partition coefficient (Wildman–Crippen LogP) is 4.26. The Balaban J connectivity index is 1.47. The molecular formula is C23H27NO4. The van der Waals surface area contributed by atoms with Crippen LogP contribution < -0.4 is 10.1 Å². The Morgan fingerprint density at radius 1 is 1.00 bits per heavy atom. The molecule has 1 amide bonds. The fourth-order valence-electron chi connectivity index (χ4n) is 3.28. The van der Waals surface area contributed by atoms with Gasteiger partial charge in [0.15, 0.2) is 6.10 Å². The summed E-state index contributed by atoms with van der Waals surface area (Å²) in [7, 11) is 0. The summed E-state index contributed by atoms with van der Waals surface area (Å²) in [5.41, 5.74) is 1.47. The van der Waals surface area contributed by atoms with Gasteiger partial charge in [0, 0.05) is 6.04 Å². The van der Waals surface area contributed by atoms with E-state index in [1.54, 1.807) is 31.2 Å². The van der Waals surface area contributed by atoms with Crippen molar-refractivity contribution in [2.24, 2.45) is 0 Å². The molecule has 1 fully saturated rings. The first-order valence-corrected chi connectivity index (χ1v) is 9.90. The fraction of sp³-hybridized carbons (Fsp3) is 0.391. The summed E-state index contributed by atoms with van der Waals surface area (Å²) in [5.74, 6) is -0.0764.